The van der Waals surface area contributed by atoms with Crippen molar-refractivity contribution in [3.63, 3.8) is 0 Å². The van der Waals surface area contributed by atoms with Crippen molar-refractivity contribution < 1.29 is 5.11 Å². The first kappa shape index (κ1) is 13.3. The summed E-state index contributed by atoms with van der Waals surface area (Å²) < 4.78 is 0. The molecule has 1 spiro atoms. The van der Waals surface area contributed by atoms with Gasteiger partial charge in [-0.25, -0.2) is 0 Å². The predicted octanol–water partition coefficient (Wildman–Crippen LogP) is 4.56. The summed E-state index contributed by atoms with van der Waals surface area (Å²) in [5.41, 5.74) is 1.02. The van der Waals surface area contributed by atoms with Crippen molar-refractivity contribution in [3.8, 4) is 0 Å². The van der Waals surface area contributed by atoms with E-state index in [1.54, 1.807) is 0 Å². The van der Waals surface area contributed by atoms with Gasteiger partial charge in [0.2, 0.25) is 0 Å². The lowest BCUT2D eigenvalue weighted by Crippen LogP contribution is -2.36. The van der Waals surface area contributed by atoms with Crippen LogP contribution in [0.4, 0.5) is 0 Å². The third-order valence-electron chi connectivity index (χ3n) is 5.98. The van der Waals surface area contributed by atoms with Gasteiger partial charge in [0.15, 0.2) is 0 Å². The van der Waals surface area contributed by atoms with E-state index in [2.05, 4.69) is 23.2 Å². The van der Waals surface area contributed by atoms with Gasteiger partial charge in [0.1, 0.15) is 0 Å². The van der Waals surface area contributed by atoms with Crippen LogP contribution in [0.25, 0.3) is 10.8 Å². The van der Waals surface area contributed by atoms with E-state index in [4.69, 9.17) is 0 Å². The topological polar surface area (TPSA) is 33.1 Å². The summed E-state index contributed by atoms with van der Waals surface area (Å²) in [5.74, 6) is 0. The number of benzene rings is 1. The Bertz CT molecular complexity index is 642. The van der Waals surface area contributed by atoms with Crippen LogP contribution in [0.15, 0.2) is 36.7 Å². The molecule has 2 aromatic rings. The zero-order valence-corrected chi connectivity index (χ0v) is 12.5. The van der Waals surface area contributed by atoms with E-state index < -0.39 is 5.60 Å². The number of hydrogen-bond donors (Lipinski definition) is 1. The number of aromatic nitrogens is 1. The number of nitrogens with zero attached hydrogens (tertiary/aromatic N) is 1. The molecule has 0 atom stereocenters. The summed E-state index contributed by atoms with van der Waals surface area (Å²) in [6.45, 7) is 0. The first-order chi connectivity index (χ1) is 10.2. The van der Waals surface area contributed by atoms with E-state index >= 15 is 0 Å². The Hall–Kier alpha value is -1.41. The molecule has 0 radical (unpaired) electrons. The third-order valence-corrected chi connectivity index (χ3v) is 5.98. The molecule has 0 bridgehead atoms. The molecule has 1 N–H and O–H groups in total. The summed E-state index contributed by atoms with van der Waals surface area (Å²) in [4.78, 5) is 4.20. The van der Waals surface area contributed by atoms with Crippen molar-refractivity contribution in [2.75, 3.05) is 0 Å². The van der Waals surface area contributed by atoms with Crippen molar-refractivity contribution in [1.82, 2.24) is 4.98 Å². The summed E-state index contributed by atoms with van der Waals surface area (Å²) in [6, 6.07) is 8.28. The Morgan fingerprint density at radius 3 is 2.43 bits per heavy atom. The van der Waals surface area contributed by atoms with Gasteiger partial charge in [-0.05, 0) is 61.0 Å². The van der Waals surface area contributed by atoms with E-state index in [-0.39, 0.29) is 0 Å². The van der Waals surface area contributed by atoms with Crippen LogP contribution in [0.3, 0.4) is 0 Å². The van der Waals surface area contributed by atoms with Crippen molar-refractivity contribution in [2.45, 2.75) is 57.0 Å². The van der Waals surface area contributed by atoms with Gasteiger partial charge in [-0.2, -0.15) is 0 Å². The van der Waals surface area contributed by atoms with Crippen LogP contribution < -0.4 is 0 Å². The molecule has 110 valence electrons. The second-order valence-corrected chi connectivity index (χ2v) is 7.14. The largest absolute Gasteiger partial charge is 0.385 e. The number of pyridine rings is 1. The van der Waals surface area contributed by atoms with Crippen molar-refractivity contribution in [2.24, 2.45) is 5.41 Å². The van der Waals surface area contributed by atoms with Crippen molar-refractivity contribution in [3.05, 3.63) is 42.2 Å². The Morgan fingerprint density at radius 1 is 0.905 bits per heavy atom. The van der Waals surface area contributed by atoms with Gasteiger partial charge in [0.25, 0.3) is 0 Å². The van der Waals surface area contributed by atoms with Crippen LogP contribution in [0.1, 0.15) is 56.9 Å². The lowest BCUT2D eigenvalue weighted by Gasteiger charge is -2.43. The molecule has 2 nitrogen and oxygen atoms in total. The van der Waals surface area contributed by atoms with Gasteiger partial charge in [-0.3, -0.25) is 4.98 Å². The van der Waals surface area contributed by atoms with Crippen LogP contribution in [0, 0.1) is 5.41 Å². The van der Waals surface area contributed by atoms with Gasteiger partial charge in [-0.1, -0.05) is 31.0 Å². The van der Waals surface area contributed by atoms with Crippen LogP contribution in [-0.4, -0.2) is 10.1 Å². The van der Waals surface area contributed by atoms with Gasteiger partial charge >= 0.3 is 0 Å². The normalized spacial score (nSPS) is 23.7. The summed E-state index contributed by atoms with van der Waals surface area (Å²) in [6.07, 6.45) is 13.4. The van der Waals surface area contributed by atoms with E-state index in [1.165, 1.54) is 38.5 Å². The average molecular weight is 281 g/mol. The highest BCUT2D eigenvalue weighted by Crippen LogP contribution is 2.54. The highest BCUT2D eigenvalue weighted by molar-refractivity contribution is 5.85. The minimum absolute atomic E-state index is 0.554. The zero-order chi connectivity index (χ0) is 14.3. The first-order valence-corrected chi connectivity index (χ1v) is 8.27. The second-order valence-electron chi connectivity index (χ2n) is 7.14. The highest BCUT2D eigenvalue weighted by Gasteiger charge is 2.44. The second kappa shape index (κ2) is 4.81. The first-order valence-electron chi connectivity index (χ1n) is 8.27. The Kier molecular flexibility index (Phi) is 3.04. The monoisotopic (exact) mass is 281 g/mol. The van der Waals surface area contributed by atoms with Crippen molar-refractivity contribution >= 4 is 10.8 Å². The third kappa shape index (κ3) is 2.17. The number of hydrogen-bond acceptors (Lipinski definition) is 2. The minimum Gasteiger partial charge on any atom is -0.385 e. The van der Waals surface area contributed by atoms with Gasteiger partial charge in [0, 0.05) is 17.8 Å². The van der Waals surface area contributed by atoms with Crippen LogP contribution in [-0.2, 0) is 5.60 Å². The molecule has 0 amide bonds. The molecule has 2 aliphatic carbocycles. The lowest BCUT2D eigenvalue weighted by atomic mass is 9.65. The van der Waals surface area contributed by atoms with E-state index in [0.29, 0.717) is 5.41 Å². The zero-order valence-electron chi connectivity index (χ0n) is 12.5. The maximum atomic E-state index is 11.3. The molecule has 2 fully saturated rings. The SMILES string of the molecule is OC1(c2cccc3cnccc23)CCC2(CCCC2)CC1. The lowest BCUT2D eigenvalue weighted by molar-refractivity contribution is -0.0364. The van der Waals surface area contributed by atoms with E-state index in [1.807, 2.05) is 18.5 Å². The van der Waals surface area contributed by atoms with Crippen LogP contribution in [0.5, 0.6) is 0 Å². The molecule has 21 heavy (non-hydrogen) atoms. The van der Waals surface area contributed by atoms with Gasteiger partial charge in [0.05, 0.1) is 5.60 Å². The van der Waals surface area contributed by atoms with Crippen LogP contribution in [0.2, 0.25) is 0 Å². The fourth-order valence-corrected chi connectivity index (χ4v) is 4.62. The Labute approximate surface area is 126 Å². The maximum Gasteiger partial charge on any atom is 0.0903 e. The van der Waals surface area contributed by atoms with E-state index in [0.717, 1.165) is 29.2 Å². The van der Waals surface area contributed by atoms with Gasteiger partial charge < -0.3 is 5.11 Å². The standard InChI is InChI=1S/C19H23NO/c21-19(11-9-18(10-12-19)7-1-2-8-18)17-5-3-4-15-14-20-13-6-16(15)17/h3-6,13-14,21H,1-2,7-12H2. The summed E-state index contributed by atoms with van der Waals surface area (Å²) in [7, 11) is 0. The summed E-state index contributed by atoms with van der Waals surface area (Å²) in [5, 5.41) is 13.6. The molecule has 0 aliphatic heterocycles. The molecule has 0 saturated heterocycles. The maximum absolute atomic E-state index is 11.3. The van der Waals surface area contributed by atoms with Gasteiger partial charge in [-0.15, -0.1) is 0 Å². The molecule has 1 aromatic heterocycles. The van der Waals surface area contributed by atoms with E-state index in [9.17, 15) is 5.11 Å². The van der Waals surface area contributed by atoms with Crippen molar-refractivity contribution in [1.29, 1.82) is 0 Å². The molecule has 1 heterocycles. The number of rotatable bonds is 1. The highest BCUT2D eigenvalue weighted by atomic mass is 16.3. The molecule has 2 heteroatoms. The van der Waals surface area contributed by atoms with Crippen LogP contribution >= 0.6 is 0 Å². The predicted molar refractivity (Wildman–Crippen MR) is 85.0 cm³/mol. The number of aliphatic hydroxyl groups is 1. The molecule has 1 aromatic carbocycles. The quantitative estimate of drug-likeness (QED) is 0.831. The minimum atomic E-state index is -0.644. The molecular weight excluding hydrogens is 258 g/mol. The molecule has 4 rings (SSSR count). The number of fused-ring (bicyclic) bond motifs is 1. The Balaban J connectivity index is 1.69. The average Bonchev–Trinajstić information content (AvgIpc) is 2.99. The molecule has 2 saturated carbocycles. The molecular formula is C19H23NO. The smallest absolute Gasteiger partial charge is 0.0903 e. The Morgan fingerprint density at radius 2 is 1.67 bits per heavy atom. The molecule has 0 unspecified atom stereocenters. The summed E-state index contributed by atoms with van der Waals surface area (Å²) >= 11 is 0. The molecule has 2 aliphatic rings. The fourth-order valence-electron chi connectivity index (χ4n) is 4.62. The fraction of sp³-hybridized carbons (Fsp3) is 0.526.